The summed E-state index contributed by atoms with van der Waals surface area (Å²) >= 11 is 1.62. The Bertz CT molecular complexity index is 720. The van der Waals surface area contributed by atoms with Crippen molar-refractivity contribution in [3.05, 3.63) is 45.9 Å². The zero-order chi connectivity index (χ0) is 16.5. The van der Waals surface area contributed by atoms with Crippen LogP contribution in [0.2, 0.25) is 0 Å². The van der Waals surface area contributed by atoms with Gasteiger partial charge in [-0.05, 0) is 24.8 Å². The molecule has 2 unspecified atom stereocenters. The van der Waals surface area contributed by atoms with Gasteiger partial charge in [-0.15, -0.1) is 10.2 Å². The molecule has 1 aromatic carbocycles. The first-order valence-electron chi connectivity index (χ1n) is 8.35. The number of urea groups is 1. The van der Waals surface area contributed by atoms with Gasteiger partial charge in [0.25, 0.3) is 0 Å². The van der Waals surface area contributed by atoms with Crippen LogP contribution in [0.15, 0.2) is 30.3 Å². The molecule has 2 aliphatic rings. The second-order valence-corrected chi connectivity index (χ2v) is 7.25. The van der Waals surface area contributed by atoms with Gasteiger partial charge in [0.15, 0.2) is 0 Å². The number of rotatable bonds is 5. The summed E-state index contributed by atoms with van der Waals surface area (Å²) in [6.45, 7) is 3.20. The third kappa shape index (κ3) is 2.78. The summed E-state index contributed by atoms with van der Waals surface area (Å²) in [5, 5.41) is 12.0. The number of hydrogen-bond acceptors (Lipinski definition) is 5. The Morgan fingerprint density at radius 2 is 2.08 bits per heavy atom. The van der Waals surface area contributed by atoms with Crippen LogP contribution in [-0.4, -0.2) is 38.8 Å². The maximum atomic E-state index is 12.8. The Balaban J connectivity index is 1.46. The minimum absolute atomic E-state index is 0.0388. The Hall–Kier alpha value is -1.99. The van der Waals surface area contributed by atoms with E-state index in [0.29, 0.717) is 13.2 Å². The Morgan fingerprint density at radius 1 is 1.25 bits per heavy atom. The molecular formula is C17H20N4O2S. The van der Waals surface area contributed by atoms with E-state index in [9.17, 15) is 4.79 Å². The average molecular weight is 344 g/mol. The Labute approximate surface area is 145 Å². The molecule has 0 saturated carbocycles. The molecule has 3 heterocycles. The molecule has 6 nitrogen and oxygen atoms in total. The van der Waals surface area contributed by atoms with Crippen LogP contribution in [0.1, 0.15) is 41.4 Å². The van der Waals surface area contributed by atoms with Crippen molar-refractivity contribution in [2.24, 2.45) is 0 Å². The van der Waals surface area contributed by atoms with Gasteiger partial charge in [0.2, 0.25) is 0 Å². The fourth-order valence-electron chi connectivity index (χ4n) is 3.32. The maximum Gasteiger partial charge on any atom is 0.344 e. The fourth-order valence-corrected chi connectivity index (χ4v) is 4.25. The van der Waals surface area contributed by atoms with E-state index in [0.717, 1.165) is 34.8 Å². The Kier molecular flexibility index (Phi) is 4.20. The molecule has 2 bridgehead atoms. The first kappa shape index (κ1) is 15.5. The number of carbonyl (C=O) groups excluding carboxylic acids is 1. The molecule has 2 aromatic rings. The summed E-state index contributed by atoms with van der Waals surface area (Å²) in [4.78, 5) is 20.5. The Morgan fingerprint density at radius 3 is 2.83 bits per heavy atom. The van der Waals surface area contributed by atoms with Gasteiger partial charge in [-0.2, -0.15) is 5.06 Å². The number of nitrogens with zero attached hydrogens (tertiary/aromatic N) is 4. The third-order valence-corrected chi connectivity index (χ3v) is 5.77. The van der Waals surface area contributed by atoms with Crippen LogP contribution in [0.4, 0.5) is 4.79 Å². The maximum absolute atomic E-state index is 12.8. The number of aryl methyl sites for hydroxylation is 1. The van der Waals surface area contributed by atoms with Crippen molar-refractivity contribution >= 4 is 17.4 Å². The number of hydrogen-bond donors (Lipinski definition) is 0. The normalized spacial score (nSPS) is 23.1. The van der Waals surface area contributed by atoms with Gasteiger partial charge in [0.05, 0.1) is 12.1 Å². The molecule has 126 valence electrons. The molecule has 2 amide bonds. The number of benzene rings is 1. The van der Waals surface area contributed by atoms with Crippen LogP contribution >= 0.6 is 11.3 Å². The van der Waals surface area contributed by atoms with Gasteiger partial charge in [-0.25, -0.2) is 4.79 Å². The van der Waals surface area contributed by atoms with Crippen molar-refractivity contribution in [2.45, 2.75) is 44.9 Å². The van der Waals surface area contributed by atoms with Crippen LogP contribution in [0, 0.1) is 0 Å². The van der Waals surface area contributed by atoms with E-state index in [4.69, 9.17) is 4.84 Å². The second-order valence-electron chi connectivity index (χ2n) is 6.15. The van der Waals surface area contributed by atoms with E-state index in [1.54, 1.807) is 16.4 Å². The molecule has 24 heavy (non-hydrogen) atoms. The summed E-state index contributed by atoms with van der Waals surface area (Å²) in [7, 11) is 0. The molecule has 2 fully saturated rings. The van der Waals surface area contributed by atoms with Gasteiger partial charge in [-0.1, -0.05) is 48.6 Å². The van der Waals surface area contributed by atoms with Crippen molar-refractivity contribution in [1.29, 1.82) is 0 Å². The number of carbonyl (C=O) groups is 1. The number of aromatic nitrogens is 2. The lowest BCUT2D eigenvalue weighted by Crippen LogP contribution is -2.33. The standard InChI is InChI=1S/C17H20N4O2S/c1-2-15-18-19-16(24-15)14-9-8-13-10-20(14)17(22)21(13)23-11-12-6-4-3-5-7-12/h3-7,13-14H,2,8-11H2,1H3. The third-order valence-electron chi connectivity index (χ3n) is 4.61. The largest absolute Gasteiger partial charge is 0.344 e. The lowest BCUT2D eigenvalue weighted by atomic mass is 10.0. The van der Waals surface area contributed by atoms with Crippen LogP contribution in [0.3, 0.4) is 0 Å². The highest BCUT2D eigenvalue weighted by atomic mass is 32.1. The van der Waals surface area contributed by atoms with Crippen molar-refractivity contribution in [3.8, 4) is 0 Å². The first-order chi connectivity index (χ1) is 11.8. The molecule has 2 atom stereocenters. The van der Waals surface area contributed by atoms with Crippen molar-refractivity contribution < 1.29 is 9.63 Å². The topological polar surface area (TPSA) is 58.6 Å². The lowest BCUT2D eigenvalue weighted by Gasteiger charge is -2.28. The molecule has 0 radical (unpaired) electrons. The smallest absolute Gasteiger partial charge is 0.311 e. The molecule has 1 aromatic heterocycles. The van der Waals surface area contributed by atoms with E-state index in [1.807, 2.05) is 35.2 Å². The highest BCUT2D eigenvalue weighted by Gasteiger charge is 2.47. The van der Waals surface area contributed by atoms with Crippen LogP contribution in [0.25, 0.3) is 0 Å². The van der Waals surface area contributed by atoms with E-state index in [2.05, 4.69) is 17.1 Å². The minimum Gasteiger partial charge on any atom is -0.311 e. The molecule has 0 aliphatic carbocycles. The average Bonchev–Trinajstić information content (AvgIpc) is 3.19. The molecule has 4 rings (SSSR count). The van der Waals surface area contributed by atoms with Crippen LogP contribution < -0.4 is 0 Å². The zero-order valence-corrected chi connectivity index (χ0v) is 14.4. The van der Waals surface area contributed by atoms with Crippen molar-refractivity contribution in [1.82, 2.24) is 20.2 Å². The van der Waals surface area contributed by atoms with Crippen LogP contribution in [0.5, 0.6) is 0 Å². The lowest BCUT2D eigenvalue weighted by molar-refractivity contribution is -0.140. The first-order valence-corrected chi connectivity index (χ1v) is 9.17. The van der Waals surface area contributed by atoms with Gasteiger partial charge in [0, 0.05) is 6.54 Å². The number of fused-ring (bicyclic) bond motifs is 2. The predicted octanol–water partition coefficient (Wildman–Crippen LogP) is 3.17. The molecule has 2 aliphatic heterocycles. The van der Waals surface area contributed by atoms with E-state index < -0.39 is 0 Å². The summed E-state index contributed by atoms with van der Waals surface area (Å²) in [5.41, 5.74) is 1.06. The molecule has 0 spiro atoms. The van der Waals surface area contributed by atoms with Gasteiger partial charge >= 0.3 is 6.03 Å². The molecular weight excluding hydrogens is 324 g/mol. The highest BCUT2D eigenvalue weighted by molar-refractivity contribution is 7.11. The minimum atomic E-state index is -0.0494. The number of piperidine rings is 1. The van der Waals surface area contributed by atoms with E-state index in [1.165, 1.54) is 0 Å². The monoisotopic (exact) mass is 344 g/mol. The SMILES string of the molecule is CCc1nnc(C2CCC3CN2C(=O)N3OCc2ccccc2)s1. The van der Waals surface area contributed by atoms with Crippen LogP contribution in [-0.2, 0) is 17.9 Å². The summed E-state index contributed by atoms with van der Waals surface area (Å²) in [6.07, 6.45) is 2.73. The van der Waals surface area contributed by atoms with E-state index >= 15 is 0 Å². The number of hydroxylamine groups is 2. The summed E-state index contributed by atoms with van der Waals surface area (Å²) < 4.78 is 0. The van der Waals surface area contributed by atoms with Gasteiger partial charge in [-0.3, -0.25) is 4.84 Å². The molecule has 2 saturated heterocycles. The summed E-state index contributed by atoms with van der Waals surface area (Å²) in [5.74, 6) is 0. The number of amides is 2. The second kappa shape index (κ2) is 6.49. The van der Waals surface area contributed by atoms with Crippen molar-refractivity contribution in [2.75, 3.05) is 6.54 Å². The van der Waals surface area contributed by atoms with Gasteiger partial charge < -0.3 is 4.90 Å². The molecule has 7 heteroatoms. The highest BCUT2D eigenvalue weighted by Crippen LogP contribution is 2.39. The zero-order valence-electron chi connectivity index (χ0n) is 13.6. The summed E-state index contributed by atoms with van der Waals surface area (Å²) in [6, 6.07) is 10.1. The van der Waals surface area contributed by atoms with E-state index in [-0.39, 0.29) is 18.1 Å². The molecule has 0 N–H and O–H groups in total. The van der Waals surface area contributed by atoms with Gasteiger partial charge in [0.1, 0.15) is 16.6 Å². The predicted molar refractivity (Wildman–Crippen MR) is 90.2 cm³/mol. The fraction of sp³-hybridized carbons (Fsp3) is 0.471. The quantitative estimate of drug-likeness (QED) is 0.836. The van der Waals surface area contributed by atoms with Crippen molar-refractivity contribution in [3.63, 3.8) is 0 Å².